The maximum Gasteiger partial charge on any atom is 0.238 e. The zero-order valence-electron chi connectivity index (χ0n) is 13.2. The van der Waals surface area contributed by atoms with Gasteiger partial charge in [0.1, 0.15) is 11.6 Å². The number of nitrogens with zero attached hydrogens (tertiary/aromatic N) is 4. The molecule has 2 aromatic heterocycles. The summed E-state index contributed by atoms with van der Waals surface area (Å²) in [7, 11) is -3.77. The van der Waals surface area contributed by atoms with Crippen LogP contribution >= 0.6 is 0 Å². The van der Waals surface area contributed by atoms with Crippen molar-refractivity contribution in [1.82, 2.24) is 14.5 Å². The van der Waals surface area contributed by atoms with Crippen molar-refractivity contribution in [3.8, 4) is 11.9 Å². The molecule has 0 amide bonds. The molecule has 3 N–H and O–H groups in total. The molecular formula is C16H12N6O3S. The standard InChI is InChI=1S/C16H12N6O3S/c17-9-11-10-19-16(21-15(11)22-7-5-13(23)6-8-22)20-12-1-3-14(4-2-12)26(18,24)25/h1-8,10H,(H2,18,24,25)(H,19,20,21). The van der Waals surface area contributed by atoms with E-state index in [9.17, 15) is 18.5 Å². The summed E-state index contributed by atoms with van der Waals surface area (Å²) in [5.41, 5.74) is 0.596. The fourth-order valence-electron chi connectivity index (χ4n) is 2.12. The number of nitriles is 1. The molecule has 0 spiro atoms. The Balaban J connectivity index is 1.94. The Kier molecular flexibility index (Phi) is 4.49. The van der Waals surface area contributed by atoms with E-state index in [1.165, 1.54) is 59.6 Å². The zero-order chi connectivity index (χ0) is 18.7. The molecule has 3 rings (SSSR count). The molecule has 130 valence electrons. The van der Waals surface area contributed by atoms with E-state index in [1.807, 2.05) is 6.07 Å². The van der Waals surface area contributed by atoms with E-state index in [2.05, 4.69) is 15.3 Å². The quantitative estimate of drug-likeness (QED) is 0.696. The average molecular weight is 368 g/mol. The normalized spacial score (nSPS) is 10.9. The molecule has 2 heterocycles. The van der Waals surface area contributed by atoms with Gasteiger partial charge in [-0.25, -0.2) is 18.5 Å². The van der Waals surface area contributed by atoms with E-state index in [-0.39, 0.29) is 21.8 Å². The van der Waals surface area contributed by atoms with Gasteiger partial charge < -0.3 is 9.88 Å². The van der Waals surface area contributed by atoms with Crippen LogP contribution in [-0.4, -0.2) is 23.0 Å². The van der Waals surface area contributed by atoms with Crippen molar-refractivity contribution in [2.45, 2.75) is 4.90 Å². The second kappa shape index (κ2) is 6.75. The Bertz CT molecular complexity index is 1140. The average Bonchev–Trinajstić information content (AvgIpc) is 2.62. The second-order valence-electron chi connectivity index (χ2n) is 5.18. The van der Waals surface area contributed by atoms with Gasteiger partial charge in [-0.15, -0.1) is 0 Å². The second-order valence-corrected chi connectivity index (χ2v) is 6.74. The van der Waals surface area contributed by atoms with Gasteiger partial charge in [0.15, 0.2) is 11.2 Å². The molecule has 0 unspecified atom stereocenters. The molecule has 0 atom stereocenters. The highest BCUT2D eigenvalue weighted by Gasteiger charge is 2.10. The smallest absolute Gasteiger partial charge is 0.238 e. The summed E-state index contributed by atoms with van der Waals surface area (Å²) in [4.78, 5) is 19.6. The van der Waals surface area contributed by atoms with Gasteiger partial charge in [-0.3, -0.25) is 4.79 Å². The lowest BCUT2D eigenvalue weighted by Gasteiger charge is -2.10. The lowest BCUT2D eigenvalue weighted by Crippen LogP contribution is -2.12. The molecule has 1 aromatic carbocycles. The van der Waals surface area contributed by atoms with Crippen molar-refractivity contribution in [1.29, 1.82) is 5.26 Å². The van der Waals surface area contributed by atoms with Gasteiger partial charge >= 0.3 is 0 Å². The van der Waals surface area contributed by atoms with Crippen LogP contribution in [0.15, 0.2) is 64.7 Å². The molecule has 9 nitrogen and oxygen atoms in total. The van der Waals surface area contributed by atoms with Crippen LogP contribution in [0.3, 0.4) is 0 Å². The van der Waals surface area contributed by atoms with E-state index >= 15 is 0 Å². The van der Waals surface area contributed by atoms with Crippen LogP contribution < -0.4 is 15.9 Å². The Hall–Kier alpha value is -3.55. The molecule has 26 heavy (non-hydrogen) atoms. The highest BCUT2D eigenvalue weighted by molar-refractivity contribution is 7.89. The van der Waals surface area contributed by atoms with Gasteiger partial charge in [-0.1, -0.05) is 0 Å². The number of sulfonamides is 1. The largest absolute Gasteiger partial charge is 0.324 e. The van der Waals surface area contributed by atoms with Crippen LogP contribution in [0.1, 0.15) is 5.56 Å². The summed E-state index contributed by atoms with van der Waals surface area (Å²) in [5.74, 6) is 0.493. The summed E-state index contributed by atoms with van der Waals surface area (Å²) >= 11 is 0. The number of nitrogens with two attached hydrogens (primary N) is 1. The van der Waals surface area contributed by atoms with Gasteiger partial charge in [-0.05, 0) is 24.3 Å². The molecule has 0 fully saturated rings. The zero-order valence-corrected chi connectivity index (χ0v) is 14.0. The van der Waals surface area contributed by atoms with E-state index in [1.54, 1.807) is 0 Å². The summed E-state index contributed by atoms with van der Waals surface area (Å²) in [6.45, 7) is 0. The van der Waals surface area contributed by atoms with Gasteiger partial charge in [-0.2, -0.15) is 10.2 Å². The van der Waals surface area contributed by atoms with Crippen LogP contribution in [0.4, 0.5) is 11.6 Å². The lowest BCUT2D eigenvalue weighted by molar-refractivity contribution is 0.598. The molecule has 3 aromatic rings. The topological polar surface area (TPSA) is 144 Å². The number of hydrogen-bond donors (Lipinski definition) is 2. The molecule has 0 aliphatic carbocycles. The Morgan fingerprint density at radius 2 is 1.77 bits per heavy atom. The minimum atomic E-state index is -3.77. The molecule has 0 bridgehead atoms. The van der Waals surface area contributed by atoms with Crippen molar-refractivity contribution < 1.29 is 8.42 Å². The number of aromatic nitrogens is 3. The van der Waals surface area contributed by atoms with E-state index in [0.717, 1.165) is 0 Å². The van der Waals surface area contributed by atoms with Gasteiger partial charge in [0.2, 0.25) is 16.0 Å². The monoisotopic (exact) mass is 368 g/mol. The Labute approximate surface area is 148 Å². The predicted molar refractivity (Wildman–Crippen MR) is 93.4 cm³/mol. The van der Waals surface area contributed by atoms with Crippen molar-refractivity contribution in [3.63, 3.8) is 0 Å². The van der Waals surface area contributed by atoms with Gasteiger partial charge in [0.25, 0.3) is 0 Å². The Morgan fingerprint density at radius 3 is 2.35 bits per heavy atom. The maximum atomic E-state index is 11.3. The van der Waals surface area contributed by atoms with Crippen molar-refractivity contribution >= 4 is 21.7 Å². The van der Waals surface area contributed by atoms with Gasteiger partial charge in [0, 0.05) is 30.2 Å². The summed E-state index contributed by atoms with van der Waals surface area (Å²) in [6.07, 6.45) is 4.34. The molecule has 0 saturated heterocycles. The van der Waals surface area contributed by atoms with Crippen molar-refractivity contribution in [3.05, 3.63) is 70.8 Å². The molecular weight excluding hydrogens is 356 g/mol. The summed E-state index contributed by atoms with van der Waals surface area (Å²) < 4.78 is 24.1. The van der Waals surface area contributed by atoms with Crippen molar-refractivity contribution in [2.75, 3.05) is 5.32 Å². The third-order valence-electron chi connectivity index (χ3n) is 3.37. The lowest BCUT2D eigenvalue weighted by atomic mass is 10.3. The SMILES string of the molecule is N#Cc1cnc(Nc2ccc(S(N)(=O)=O)cc2)nc1-n1ccc(=O)cc1. The number of benzene rings is 1. The first kappa shape index (κ1) is 17.3. The van der Waals surface area contributed by atoms with Crippen molar-refractivity contribution in [2.24, 2.45) is 5.14 Å². The van der Waals surface area contributed by atoms with Crippen LogP contribution in [0.2, 0.25) is 0 Å². The number of primary sulfonamides is 1. The van der Waals surface area contributed by atoms with Crippen LogP contribution in [0.25, 0.3) is 5.82 Å². The number of pyridine rings is 1. The minimum Gasteiger partial charge on any atom is -0.324 e. The van der Waals surface area contributed by atoms with Gasteiger partial charge in [0.05, 0.1) is 11.1 Å². The predicted octanol–water partition coefficient (Wildman–Crippen LogP) is 0.890. The first-order valence-corrected chi connectivity index (χ1v) is 8.77. The molecule has 0 aliphatic heterocycles. The number of hydrogen-bond acceptors (Lipinski definition) is 7. The minimum absolute atomic E-state index is 0.0160. The highest BCUT2D eigenvalue weighted by atomic mass is 32.2. The summed E-state index contributed by atoms with van der Waals surface area (Å²) in [5, 5.41) is 17.2. The molecule has 0 radical (unpaired) electrons. The first-order valence-electron chi connectivity index (χ1n) is 7.22. The maximum absolute atomic E-state index is 11.3. The fraction of sp³-hybridized carbons (Fsp3) is 0. The van der Waals surface area contributed by atoms with Crippen LogP contribution in [0, 0.1) is 11.3 Å². The van der Waals surface area contributed by atoms with E-state index in [0.29, 0.717) is 11.5 Å². The third-order valence-corrected chi connectivity index (χ3v) is 4.30. The highest BCUT2D eigenvalue weighted by Crippen LogP contribution is 2.18. The third kappa shape index (κ3) is 3.75. The molecule has 0 aliphatic rings. The first-order chi connectivity index (χ1) is 12.4. The summed E-state index contributed by atoms with van der Waals surface area (Å²) in [6, 6.07) is 10.4. The molecule has 10 heteroatoms. The number of nitrogens with one attached hydrogen (secondary N) is 1. The fourth-order valence-corrected chi connectivity index (χ4v) is 2.64. The van der Waals surface area contributed by atoms with E-state index in [4.69, 9.17) is 5.14 Å². The number of rotatable bonds is 4. The molecule has 0 saturated carbocycles. The Morgan fingerprint density at radius 1 is 1.12 bits per heavy atom. The van der Waals surface area contributed by atoms with Crippen LogP contribution in [-0.2, 0) is 10.0 Å². The van der Waals surface area contributed by atoms with Crippen LogP contribution in [0.5, 0.6) is 0 Å². The van der Waals surface area contributed by atoms with E-state index < -0.39 is 10.0 Å². The number of anilines is 2.